The van der Waals surface area contributed by atoms with Crippen LogP contribution in [0.15, 0.2) is 59.6 Å². The van der Waals surface area contributed by atoms with Crippen LogP contribution in [0.3, 0.4) is 0 Å². The molecule has 1 atom stereocenters. The number of pyridine rings is 1. The van der Waals surface area contributed by atoms with Crippen molar-refractivity contribution in [1.82, 2.24) is 14.7 Å². The molecule has 0 aliphatic heterocycles. The third kappa shape index (κ3) is 5.15. The standard InChI is InChI=1S/C27H27N5O2S/c1-16(2)26(33)30-20-9-7-8-19(13-20)15-29-27(34)18(4)35-24-12-17(3)21(14-28)25-31-22-10-5-6-11-23(22)32(24)25/h5-13,16,18H,15H2,1-4H3,(H,29,34)(H,30,33)/t18-/m1/s1. The molecule has 2 aromatic carbocycles. The number of aryl methyl sites for hydroxylation is 1. The van der Waals surface area contributed by atoms with Crippen molar-refractivity contribution in [2.45, 2.75) is 44.5 Å². The van der Waals surface area contributed by atoms with Crippen LogP contribution in [0.5, 0.6) is 0 Å². The molecule has 7 nitrogen and oxygen atoms in total. The number of thioether (sulfide) groups is 1. The average molecular weight is 486 g/mol. The van der Waals surface area contributed by atoms with Gasteiger partial charge in [-0.1, -0.05) is 49.9 Å². The Bertz CT molecular complexity index is 1470. The van der Waals surface area contributed by atoms with Crippen LogP contribution in [0.2, 0.25) is 0 Å². The maximum atomic E-state index is 12.9. The van der Waals surface area contributed by atoms with Crippen molar-refractivity contribution in [2.75, 3.05) is 5.32 Å². The van der Waals surface area contributed by atoms with Crippen molar-refractivity contribution < 1.29 is 9.59 Å². The van der Waals surface area contributed by atoms with Gasteiger partial charge in [-0.25, -0.2) is 4.98 Å². The van der Waals surface area contributed by atoms with Gasteiger partial charge in [0.15, 0.2) is 5.65 Å². The number of nitriles is 1. The van der Waals surface area contributed by atoms with E-state index in [4.69, 9.17) is 0 Å². The fourth-order valence-electron chi connectivity index (χ4n) is 3.75. The zero-order valence-corrected chi connectivity index (χ0v) is 20.9. The van der Waals surface area contributed by atoms with E-state index in [0.29, 0.717) is 23.4 Å². The van der Waals surface area contributed by atoms with Gasteiger partial charge in [-0.3, -0.25) is 14.0 Å². The van der Waals surface area contributed by atoms with Crippen LogP contribution < -0.4 is 10.6 Å². The SMILES string of the molecule is Cc1cc(S[C@H](C)C(=O)NCc2cccc(NC(=O)C(C)C)c2)n2c(nc3ccccc32)c1C#N. The highest BCUT2D eigenvalue weighted by Gasteiger charge is 2.20. The summed E-state index contributed by atoms with van der Waals surface area (Å²) in [6.07, 6.45) is 0. The molecule has 8 heteroatoms. The molecule has 0 unspecified atom stereocenters. The molecule has 4 aromatic rings. The van der Waals surface area contributed by atoms with E-state index in [9.17, 15) is 14.9 Å². The van der Waals surface area contributed by atoms with E-state index in [2.05, 4.69) is 21.7 Å². The summed E-state index contributed by atoms with van der Waals surface area (Å²) in [4.78, 5) is 29.6. The third-order valence-electron chi connectivity index (χ3n) is 5.70. The topological polar surface area (TPSA) is 99.3 Å². The molecule has 0 aliphatic rings. The predicted molar refractivity (Wildman–Crippen MR) is 139 cm³/mol. The van der Waals surface area contributed by atoms with Crippen LogP contribution in [-0.4, -0.2) is 26.4 Å². The lowest BCUT2D eigenvalue weighted by Crippen LogP contribution is -2.30. The van der Waals surface area contributed by atoms with Crippen molar-refractivity contribution in [3.63, 3.8) is 0 Å². The molecule has 0 saturated carbocycles. The van der Waals surface area contributed by atoms with Gasteiger partial charge >= 0.3 is 0 Å². The van der Waals surface area contributed by atoms with Crippen LogP contribution in [-0.2, 0) is 16.1 Å². The minimum absolute atomic E-state index is 0.0488. The summed E-state index contributed by atoms with van der Waals surface area (Å²) >= 11 is 1.43. The van der Waals surface area contributed by atoms with Crippen molar-refractivity contribution >= 4 is 45.9 Å². The van der Waals surface area contributed by atoms with Gasteiger partial charge in [0, 0.05) is 18.2 Å². The van der Waals surface area contributed by atoms with Gasteiger partial charge in [0.25, 0.3) is 0 Å². The Kier molecular flexibility index (Phi) is 7.08. The van der Waals surface area contributed by atoms with E-state index in [1.165, 1.54) is 11.8 Å². The number of rotatable bonds is 7. The first kappa shape index (κ1) is 24.3. The lowest BCUT2D eigenvalue weighted by atomic mass is 10.1. The number of nitrogens with one attached hydrogen (secondary N) is 2. The maximum Gasteiger partial charge on any atom is 0.233 e. The number of aromatic nitrogens is 2. The molecule has 0 saturated heterocycles. The first-order valence-electron chi connectivity index (χ1n) is 11.4. The van der Waals surface area contributed by atoms with Gasteiger partial charge in [0.2, 0.25) is 11.8 Å². The van der Waals surface area contributed by atoms with E-state index < -0.39 is 0 Å². The number of benzene rings is 2. The number of nitrogens with zero attached hydrogens (tertiary/aromatic N) is 3. The van der Waals surface area contributed by atoms with Gasteiger partial charge in [-0.15, -0.1) is 0 Å². The fourth-order valence-corrected chi connectivity index (χ4v) is 4.84. The summed E-state index contributed by atoms with van der Waals surface area (Å²) in [6, 6.07) is 19.4. The molecule has 178 valence electrons. The van der Waals surface area contributed by atoms with E-state index in [0.717, 1.165) is 27.2 Å². The minimum Gasteiger partial charge on any atom is -0.351 e. The Morgan fingerprint density at radius 3 is 2.60 bits per heavy atom. The van der Waals surface area contributed by atoms with E-state index in [-0.39, 0.29) is 23.0 Å². The number of hydrogen-bond acceptors (Lipinski definition) is 5. The Balaban J connectivity index is 1.51. The fraction of sp³-hybridized carbons (Fsp3) is 0.259. The zero-order chi connectivity index (χ0) is 25.1. The van der Waals surface area contributed by atoms with Crippen LogP contribution in [0.25, 0.3) is 16.7 Å². The molecule has 2 heterocycles. The molecule has 0 radical (unpaired) electrons. The second kappa shape index (κ2) is 10.2. The first-order chi connectivity index (χ1) is 16.8. The molecule has 0 aliphatic carbocycles. The second-order valence-electron chi connectivity index (χ2n) is 8.73. The minimum atomic E-state index is -0.379. The number of carbonyl (C=O) groups is 2. The van der Waals surface area contributed by atoms with E-state index in [1.54, 1.807) is 0 Å². The van der Waals surface area contributed by atoms with Crippen molar-refractivity contribution in [1.29, 1.82) is 5.26 Å². The lowest BCUT2D eigenvalue weighted by Gasteiger charge is -2.15. The van der Waals surface area contributed by atoms with Gasteiger partial charge in [-0.05, 0) is 55.3 Å². The molecule has 0 fully saturated rings. The first-order valence-corrected chi connectivity index (χ1v) is 12.3. The Morgan fingerprint density at radius 1 is 1.09 bits per heavy atom. The Labute approximate surface area is 208 Å². The summed E-state index contributed by atoms with van der Waals surface area (Å²) < 4.78 is 1.95. The lowest BCUT2D eigenvalue weighted by molar-refractivity contribution is -0.120. The molecule has 4 rings (SSSR count). The molecular formula is C27H27N5O2S. The monoisotopic (exact) mass is 485 g/mol. The van der Waals surface area contributed by atoms with Crippen molar-refractivity contribution in [2.24, 2.45) is 5.92 Å². The molecule has 0 bridgehead atoms. The average Bonchev–Trinajstić information content (AvgIpc) is 3.22. The van der Waals surface area contributed by atoms with Crippen molar-refractivity contribution in [3.05, 3.63) is 71.3 Å². The van der Waals surface area contributed by atoms with Gasteiger partial charge in [0.05, 0.1) is 26.9 Å². The van der Waals surface area contributed by atoms with E-state index in [1.807, 2.05) is 86.7 Å². The molecular weight excluding hydrogens is 458 g/mol. The summed E-state index contributed by atoms with van der Waals surface area (Å²) in [6.45, 7) is 7.78. The smallest absolute Gasteiger partial charge is 0.233 e. The summed E-state index contributed by atoms with van der Waals surface area (Å²) in [7, 11) is 0. The second-order valence-corrected chi connectivity index (χ2v) is 10.1. The van der Waals surface area contributed by atoms with E-state index >= 15 is 0 Å². The number of carbonyl (C=O) groups excluding carboxylic acids is 2. The molecule has 2 N–H and O–H groups in total. The quantitative estimate of drug-likeness (QED) is 0.357. The van der Waals surface area contributed by atoms with Gasteiger partial charge < -0.3 is 10.6 Å². The van der Waals surface area contributed by atoms with Gasteiger partial charge in [-0.2, -0.15) is 5.26 Å². The van der Waals surface area contributed by atoms with Crippen LogP contribution in [0, 0.1) is 24.2 Å². The van der Waals surface area contributed by atoms with Crippen LogP contribution >= 0.6 is 11.8 Å². The highest BCUT2D eigenvalue weighted by molar-refractivity contribution is 8.00. The van der Waals surface area contributed by atoms with Gasteiger partial charge in [0.1, 0.15) is 6.07 Å². The summed E-state index contributed by atoms with van der Waals surface area (Å²) in [5, 5.41) is 16.0. The Hall–Kier alpha value is -3.83. The number of hydrogen-bond donors (Lipinski definition) is 2. The number of fused-ring (bicyclic) bond motifs is 3. The number of anilines is 1. The molecule has 2 aromatic heterocycles. The summed E-state index contributed by atoms with van der Waals surface area (Å²) in [5.41, 5.74) is 5.27. The predicted octanol–water partition coefficient (Wildman–Crippen LogP) is 5.06. The highest BCUT2D eigenvalue weighted by Crippen LogP contribution is 2.31. The number of amides is 2. The Morgan fingerprint density at radius 2 is 1.86 bits per heavy atom. The molecule has 35 heavy (non-hydrogen) atoms. The zero-order valence-electron chi connectivity index (χ0n) is 20.1. The third-order valence-corrected chi connectivity index (χ3v) is 6.81. The number of imidazole rings is 1. The largest absolute Gasteiger partial charge is 0.351 e. The normalized spacial score (nSPS) is 12.0. The van der Waals surface area contributed by atoms with Crippen LogP contribution in [0.1, 0.15) is 37.5 Å². The highest BCUT2D eigenvalue weighted by atomic mass is 32.2. The molecule has 0 spiro atoms. The maximum absolute atomic E-state index is 12.9. The number of para-hydroxylation sites is 2. The van der Waals surface area contributed by atoms with Crippen molar-refractivity contribution in [3.8, 4) is 6.07 Å². The summed E-state index contributed by atoms with van der Waals surface area (Å²) in [5.74, 6) is -0.264. The molecule has 2 amide bonds. The van der Waals surface area contributed by atoms with Crippen LogP contribution in [0.4, 0.5) is 5.69 Å².